The first-order valence-corrected chi connectivity index (χ1v) is 11.1. The molecule has 1 aliphatic heterocycles. The van der Waals surface area contributed by atoms with E-state index < -0.39 is 0 Å². The molecule has 3 aromatic rings. The van der Waals surface area contributed by atoms with Crippen molar-refractivity contribution in [1.29, 1.82) is 0 Å². The summed E-state index contributed by atoms with van der Waals surface area (Å²) < 4.78 is 7.66. The lowest BCUT2D eigenvalue weighted by atomic mass is 9.94. The Morgan fingerprint density at radius 1 is 1.42 bits per heavy atom. The molecule has 1 aromatic carbocycles. The Morgan fingerprint density at radius 3 is 2.90 bits per heavy atom. The fourth-order valence-corrected chi connectivity index (χ4v) is 4.69. The van der Waals surface area contributed by atoms with Crippen molar-refractivity contribution in [3.8, 4) is 0 Å². The molecule has 3 heterocycles. The number of nitrogens with zero attached hydrogens (tertiary/aromatic N) is 2. The zero-order valence-corrected chi connectivity index (χ0v) is 18.9. The number of hydrogen-bond acceptors (Lipinski definition) is 4. The van der Waals surface area contributed by atoms with Gasteiger partial charge in [0.05, 0.1) is 18.3 Å². The smallest absolute Gasteiger partial charge is 0.237 e. The van der Waals surface area contributed by atoms with Gasteiger partial charge in [0.25, 0.3) is 0 Å². The van der Waals surface area contributed by atoms with Gasteiger partial charge in [0.15, 0.2) is 0 Å². The standard InChI is InChI=1S/C25H32N4O2/c1-6-10-26-25(30)22-12-18-13-29(14-20-16(4)28-31-17(20)5)23-9-7-8-19(24(18)23)21(27-22)11-15(2)3/h6-9,13,15,21-22,27H,1,10-12,14H2,2-5H3,(H,26,30)/t21-,22-/m0/s1. The first-order chi connectivity index (χ1) is 14.9. The van der Waals surface area contributed by atoms with Gasteiger partial charge in [-0.3, -0.25) is 10.1 Å². The number of rotatable bonds is 7. The van der Waals surface area contributed by atoms with Crippen LogP contribution >= 0.6 is 0 Å². The van der Waals surface area contributed by atoms with Crippen LogP contribution in [-0.4, -0.2) is 28.2 Å². The first-order valence-electron chi connectivity index (χ1n) is 11.1. The van der Waals surface area contributed by atoms with E-state index >= 15 is 0 Å². The normalized spacial score (nSPS) is 18.4. The summed E-state index contributed by atoms with van der Waals surface area (Å²) in [5, 5.41) is 12.0. The van der Waals surface area contributed by atoms with Crippen LogP contribution in [0.2, 0.25) is 0 Å². The molecule has 2 N–H and O–H groups in total. The molecule has 164 valence electrons. The van der Waals surface area contributed by atoms with E-state index in [2.05, 4.69) is 65.2 Å². The number of amides is 1. The van der Waals surface area contributed by atoms with Crippen molar-refractivity contribution in [1.82, 2.24) is 20.4 Å². The Hall–Kier alpha value is -2.86. The van der Waals surface area contributed by atoms with Gasteiger partial charge in [0.1, 0.15) is 5.76 Å². The lowest BCUT2D eigenvalue weighted by molar-refractivity contribution is -0.123. The number of carbonyl (C=O) groups excluding carboxylic acids is 1. The van der Waals surface area contributed by atoms with E-state index in [0.29, 0.717) is 25.4 Å². The molecule has 4 rings (SSSR count). The van der Waals surface area contributed by atoms with Crippen LogP contribution in [0.25, 0.3) is 10.9 Å². The minimum absolute atomic E-state index is 0.0214. The van der Waals surface area contributed by atoms with Gasteiger partial charge in [-0.1, -0.05) is 37.2 Å². The molecule has 0 bridgehead atoms. The van der Waals surface area contributed by atoms with Crippen molar-refractivity contribution in [2.24, 2.45) is 5.92 Å². The molecular formula is C25H32N4O2. The molecule has 0 saturated heterocycles. The monoisotopic (exact) mass is 420 g/mol. The highest BCUT2D eigenvalue weighted by Gasteiger charge is 2.30. The second kappa shape index (κ2) is 8.71. The summed E-state index contributed by atoms with van der Waals surface area (Å²) in [6.07, 6.45) is 5.54. The summed E-state index contributed by atoms with van der Waals surface area (Å²) in [5.74, 6) is 1.38. The predicted molar refractivity (Wildman–Crippen MR) is 123 cm³/mol. The molecule has 1 aliphatic rings. The van der Waals surface area contributed by atoms with E-state index in [0.717, 1.165) is 23.4 Å². The molecule has 0 saturated carbocycles. The molecule has 6 heteroatoms. The van der Waals surface area contributed by atoms with Gasteiger partial charge in [0.2, 0.25) is 5.91 Å². The van der Waals surface area contributed by atoms with E-state index in [4.69, 9.17) is 4.52 Å². The van der Waals surface area contributed by atoms with Gasteiger partial charge >= 0.3 is 0 Å². The van der Waals surface area contributed by atoms with Gasteiger partial charge in [-0.2, -0.15) is 0 Å². The number of aryl methyl sites for hydroxylation is 2. The van der Waals surface area contributed by atoms with Crippen molar-refractivity contribution < 1.29 is 9.32 Å². The van der Waals surface area contributed by atoms with Crippen LogP contribution in [0.1, 0.15) is 54.5 Å². The molecule has 2 atom stereocenters. The first kappa shape index (κ1) is 21.4. The highest BCUT2D eigenvalue weighted by Crippen LogP contribution is 2.36. The Balaban J connectivity index is 1.79. The summed E-state index contributed by atoms with van der Waals surface area (Å²) in [7, 11) is 0. The zero-order chi connectivity index (χ0) is 22.1. The molecule has 2 aromatic heterocycles. The molecular weight excluding hydrogens is 388 g/mol. The minimum Gasteiger partial charge on any atom is -0.361 e. The van der Waals surface area contributed by atoms with Gasteiger partial charge in [-0.15, -0.1) is 6.58 Å². The summed E-state index contributed by atoms with van der Waals surface area (Å²) in [5.41, 5.74) is 5.70. The van der Waals surface area contributed by atoms with Crippen molar-refractivity contribution in [3.05, 3.63) is 65.2 Å². The quantitative estimate of drug-likeness (QED) is 0.562. The maximum Gasteiger partial charge on any atom is 0.237 e. The van der Waals surface area contributed by atoms with Crippen LogP contribution in [0.15, 0.2) is 41.6 Å². The molecule has 0 aliphatic carbocycles. The third kappa shape index (κ3) is 4.17. The SMILES string of the molecule is C=CCNC(=O)[C@@H]1Cc2cn(Cc3c(C)noc3C)c3cccc(c23)[C@H](CC(C)C)N1. The predicted octanol–water partition coefficient (Wildman–Crippen LogP) is 4.20. The number of nitrogens with one attached hydrogen (secondary N) is 2. The van der Waals surface area contributed by atoms with E-state index in [9.17, 15) is 4.79 Å². The van der Waals surface area contributed by atoms with Crippen molar-refractivity contribution in [3.63, 3.8) is 0 Å². The van der Waals surface area contributed by atoms with Gasteiger partial charge in [-0.25, -0.2) is 0 Å². The average molecular weight is 421 g/mol. The summed E-state index contributed by atoms with van der Waals surface area (Å²) in [6.45, 7) is 13.3. The van der Waals surface area contributed by atoms with Crippen LogP contribution in [0.4, 0.5) is 0 Å². The number of benzene rings is 1. The number of carbonyl (C=O) groups is 1. The maximum absolute atomic E-state index is 12.9. The fourth-order valence-electron chi connectivity index (χ4n) is 4.69. The van der Waals surface area contributed by atoms with Gasteiger partial charge < -0.3 is 14.4 Å². The zero-order valence-electron chi connectivity index (χ0n) is 18.9. The maximum atomic E-state index is 12.9. The topological polar surface area (TPSA) is 72.1 Å². The molecule has 1 amide bonds. The second-order valence-electron chi connectivity index (χ2n) is 8.97. The Bertz CT molecular complexity index is 1090. The minimum atomic E-state index is -0.283. The third-order valence-electron chi connectivity index (χ3n) is 6.17. The average Bonchev–Trinajstić information content (AvgIpc) is 3.19. The van der Waals surface area contributed by atoms with E-state index in [1.54, 1.807) is 6.08 Å². The Kier molecular flexibility index (Phi) is 6.01. The summed E-state index contributed by atoms with van der Waals surface area (Å²) >= 11 is 0. The van der Waals surface area contributed by atoms with Crippen molar-refractivity contribution >= 4 is 16.8 Å². The molecule has 0 radical (unpaired) electrons. The highest BCUT2D eigenvalue weighted by atomic mass is 16.5. The van der Waals surface area contributed by atoms with Crippen LogP contribution in [0.5, 0.6) is 0 Å². The lowest BCUT2D eigenvalue weighted by Crippen LogP contribution is -2.46. The second-order valence-corrected chi connectivity index (χ2v) is 8.97. The van der Waals surface area contributed by atoms with Crippen LogP contribution in [-0.2, 0) is 17.8 Å². The van der Waals surface area contributed by atoms with E-state index in [1.807, 2.05) is 13.8 Å². The third-order valence-corrected chi connectivity index (χ3v) is 6.17. The highest BCUT2D eigenvalue weighted by molar-refractivity contribution is 5.90. The van der Waals surface area contributed by atoms with Crippen LogP contribution < -0.4 is 10.6 Å². The van der Waals surface area contributed by atoms with Crippen molar-refractivity contribution in [2.45, 2.75) is 59.2 Å². The van der Waals surface area contributed by atoms with Crippen LogP contribution in [0, 0.1) is 19.8 Å². The Morgan fingerprint density at radius 2 is 2.23 bits per heavy atom. The number of aromatic nitrogens is 2. The lowest BCUT2D eigenvalue weighted by Gasteiger charge is -2.25. The molecule has 6 nitrogen and oxygen atoms in total. The molecule has 31 heavy (non-hydrogen) atoms. The molecule has 0 spiro atoms. The van der Waals surface area contributed by atoms with Gasteiger partial charge in [0, 0.05) is 35.2 Å². The molecule has 0 fully saturated rings. The van der Waals surface area contributed by atoms with E-state index in [-0.39, 0.29) is 18.0 Å². The molecule has 0 unspecified atom stereocenters. The fraction of sp³-hybridized carbons (Fsp3) is 0.440. The largest absolute Gasteiger partial charge is 0.361 e. The van der Waals surface area contributed by atoms with Crippen molar-refractivity contribution in [2.75, 3.05) is 6.54 Å². The summed E-state index contributed by atoms with van der Waals surface area (Å²) in [6, 6.07) is 6.34. The van der Waals surface area contributed by atoms with Gasteiger partial charge in [-0.05, 0) is 49.8 Å². The summed E-state index contributed by atoms with van der Waals surface area (Å²) in [4.78, 5) is 12.9. The van der Waals surface area contributed by atoms with Crippen LogP contribution in [0.3, 0.4) is 0 Å². The Labute approximate surface area is 183 Å². The number of hydrogen-bond donors (Lipinski definition) is 2. The van der Waals surface area contributed by atoms with E-state index in [1.165, 1.54) is 22.0 Å².